The van der Waals surface area contributed by atoms with Crippen molar-refractivity contribution in [3.63, 3.8) is 0 Å². The van der Waals surface area contributed by atoms with Crippen molar-refractivity contribution in [2.75, 3.05) is 31.6 Å². The van der Waals surface area contributed by atoms with E-state index in [-0.39, 0.29) is 37.3 Å². The van der Waals surface area contributed by atoms with Crippen LogP contribution in [-0.4, -0.2) is 50.1 Å². The van der Waals surface area contributed by atoms with E-state index in [9.17, 15) is 14.4 Å². The molecule has 0 saturated carbocycles. The number of ether oxygens (including phenoxy) is 1. The van der Waals surface area contributed by atoms with Crippen LogP contribution in [0.4, 0.5) is 5.69 Å². The molecule has 1 atom stereocenters. The fourth-order valence-corrected chi connectivity index (χ4v) is 2.34. The van der Waals surface area contributed by atoms with Crippen molar-refractivity contribution in [2.24, 2.45) is 17.4 Å². The summed E-state index contributed by atoms with van der Waals surface area (Å²) < 4.78 is 5.16. The second-order valence-corrected chi connectivity index (χ2v) is 6.61. The Balaban J connectivity index is 2.45. The Hall–Kier alpha value is -2.49. The quantitative estimate of drug-likeness (QED) is 0.308. The molecule has 0 aliphatic heterocycles. The predicted octanol–water partition coefficient (Wildman–Crippen LogP) is -0.294. The number of benzene rings is 1. The lowest BCUT2D eigenvalue weighted by Crippen LogP contribution is -2.51. The zero-order chi connectivity index (χ0) is 20.9. The third-order valence-corrected chi connectivity index (χ3v) is 3.90. The normalized spacial score (nSPS) is 11.8. The number of anilines is 1. The number of nitrogens with two attached hydrogens (primary N) is 2. The Labute approximate surface area is 165 Å². The van der Waals surface area contributed by atoms with E-state index in [0.717, 1.165) is 5.56 Å². The lowest BCUT2D eigenvalue weighted by Gasteiger charge is -2.21. The number of rotatable bonds is 12. The molecule has 0 fully saturated rings. The summed E-state index contributed by atoms with van der Waals surface area (Å²) in [7, 11) is 0. The number of amides is 3. The SMILES string of the molecule is CC(C)C(NC(=O)CCOCCN)C(=O)NCC(=O)Nc1ccc(CN)cc1. The summed E-state index contributed by atoms with van der Waals surface area (Å²) in [4.78, 5) is 36.4. The first-order valence-corrected chi connectivity index (χ1v) is 9.31. The van der Waals surface area contributed by atoms with Crippen molar-refractivity contribution in [2.45, 2.75) is 32.9 Å². The third-order valence-electron chi connectivity index (χ3n) is 3.90. The van der Waals surface area contributed by atoms with Gasteiger partial charge in [-0.2, -0.15) is 0 Å². The van der Waals surface area contributed by atoms with Gasteiger partial charge in [0.25, 0.3) is 0 Å². The van der Waals surface area contributed by atoms with E-state index >= 15 is 0 Å². The van der Waals surface area contributed by atoms with Gasteiger partial charge in [0.15, 0.2) is 0 Å². The first-order chi connectivity index (χ1) is 13.4. The highest BCUT2D eigenvalue weighted by molar-refractivity contribution is 5.96. The van der Waals surface area contributed by atoms with Crippen molar-refractivity contribution in [1.29, 1.82) is 0 Å². The monoisotopic (exact) mass is 393 g/mol. The zero-order valence-corrected chi connectivity index (χ0v) is 16.5. The third kappa shape index (κ3) is 8.94. The van der Waals surface area contributed by atoms with Crippen LogP contribution in [0.25, 0.3) is 0 Å². The maximum Gasteiger partial charge on any atom is 0.243 e. The van der Waals surface area contributed by atoms with Gasteiger partial charge >= 0.3 is 0 Å². The highest BCUT2D eigenvalue weighted by atomic mass is 16.5. The molecule has 0 aliphatic carbocycles. The molecule has 0 radical (unpaired) electrons. The van der Waals surface area contributed by atoms with Gasteiger partial charge < -0.3 is 32.2 Å². The maximum absolute atomic E-state index is 12.4. The topological polar surface area (TPSA) is 149 Å². The maximum atomic E-state index is 12.4. The number of carbonyl (C=O) groups excluding carboxylic acids is 3. The molecule has 156 valence electrons. The van der Waals surface area contributed by atoms with Crippen molar-refractivity contribution in [3.8, 4) is 0 Å². The average molecular weight is 393 g/mol. The van der Waals surface area contributed by atoms with E-state index in [1.165, 1.54) is 0 Å². The largest absolute Gasteiger partial charge is 0.380 e. The summed E-state index contributed by atoms with van der Waals surface area (Å²) in [6.07, 6.45) is 0.135. The highest BCUT2D eigenvalue weighted by Crippen LogP contribution is 2.08. The minimum absolute atomic E-state index is 0.135. The molecule has 0 heterocycles. The lowest BCUT2D eigenvalue weighted by atomic mass is 10.0. The molecule has 3 amide bonds. The molecule has 0 aromatic heterocycles. The summed E-state index contributed by atoms with van der Waals surface area (Å²) in [6.45, 7) is 4.86. The van der Waals surface area contributed by atoms with Crippen LogP contribution in [0.5, 0.6) is 0 Å². The summed E-state index contributed by atoms with van der Waals surface area (Å²) in [5.74, 6) is -1.21. The Bertz CT molecular complexity index is 634. The summed E-state index contributed by atoms with van der Waals surface area (Å²) in [6, 6.07) is 6.38. The first-order valence-electron chi connectivity index (χ1n) is 9.31. The van der Waals surface area contributed by atoms with Crippen molar-refractivity contribution >= 4 is 23.4 Å². The molecular weight excluding hydrogens is 362 g/mol. The number of hydrogen-bond acceptors (Lipinski definition) is 6. The van der Waals surface area contributed by atoms with Gasteiger partial charge in [-0.1, -0.05) is 26.0 Å². The van der Waals surface area contributed by atoms with Gasteiger partial charge in [-0.05, 0) is 23.6 Å². The van der Waals surface area contributed by atoms with Crippen LogP contribution in [0.2, 0.25) is 0 Å². The number of nitrogens with one attached hydrogen (secondary N) is 3. The fraction of sp³-hybridized carbons (Fsp3) is 0.526. The van der Waals surface area contributed by atoms with Gasteiger partial charge in [-0.15, -0.1) is 0 Å². The predicted molar refractivity (Wildman–Crippen MR) is 107 cm³/mol. The molecule has 1 aromatic carbocycles. The Morgan fingerprint density at radius 1 is 1.04 bits per heavy atom. The van der Waals surface area contributed by atoms with Crippen LogP contribution in [0.15, 0.2) is 24.3 Å². The summed E-state index contributed by atoms with van der Waals surface area (Å²) >= 11 is 0. The first kappa shape index (κ1) is 23.5. The van der Waals surface area contributed by atoms with Crippen molar-refractivity contribution in [3.05, 3.63) is 29.8 Å². The fourth-order valence-electron chi connectivity index (χ4n) is 2.34. The van der Waals surface area contributed by atoms with E-state index in [4.69, 9.17) is 16.2 Å². The molecule has 28 heavy (non-hydrogen) atoms. The van der Waals surface area contributed by atoms with Crippen LogP contribution < -0.4 is 27.4 Å². The van der Waals surface area contributed by atoms with E-state index in [1.807, 2.05) is 26.0 Å². The van der Waals surface area contributed by atoms with E-state index in [1.54, 1.807) is 12.1 Å². The van der Waals surface area contributed by atoms with Gasteiger partial charge in [-0.3, -0.25) is 14.4 Å². The minimum Gasteiger partial charge on any atom is -0.380 e. The molecule has 1 unspecified atom stereocenters. The molecule has 0 saturated heterocycles. The Morgan fingerprint density at radius 2 is 1.71 bits per heavy atom. The number of hydrogen-bond donors (Lipinski definition) is 5. The molecule has 1 rings (SSSR count). The second-order valence-electron chi connectivity index (χ2n) is 6.61. The zero-order valence-electron chi connectivity index (χ0n) is 16.5. The molecule has 7 N–H and O–H groups in total. The van der Waals surface area contributed by atoms with Crippen LogP contribution in [-0.2, 0) is 25.7 Å². The molecule has 0 aliphatic rings. The standard InChI is InChI=1S/C19H31N5O4/c1-13(2)18(24-16(25)7-9-28-10-8-20)19(27)22-12-17(26)23-15-5-3-14(11-21)4-6-15/h3-6,13,18H,7-12,20-21H2,1-2H3,(H,22,27)(H,23,26)(H,24,25). The van der Waals surface area contributed by atoms with Gasteiger partial charge in [-0.25, -0.2) is 0 Å². The lowest BCUT2D eigenvalue weighted by molar-refractivity contribution is -0.131. The van der Waals surface area contributed by atoms with E-state index in [0.29, 0.717) is 25.4 Å². The molecule has 9 heteroatoms. The Kier molecular flexibility index (Phi) is 10.8. The minimum atomic E-state index is -0.737. The Morgan fingerprint density at radius 3 is 2.29 bits per heavy atom. The van der Waals surface area contributed by atoms with Gasteiger partial charge in [0.05, 0.1) is 19.8 Å². The van der Waals surface area contributed by atoms with Gasteiger partial charge in [0.1, 0.15) is 6.04 Å². The summed E-state index contributed by atoms with van der Waals surface area (Å²) in [5, 5.41) is 7.92. The molecular formula is C19H31N5O4. The van der Waals surface area contributed by atoms with E-state index in [2.05, 4.69) is 16.0 Å². The second kappa shape index (κ2) is 12.8. The molecule has 0 spiro atoms. The van der Waals surface area contributed by atoms with Crippen molar-refractivity contribution in [1.82, 2.24) is 10.6 Å². The smallest absolute Gasteiger partial charge is 0.243 e. The molecule has 1 aromatic rings. The van der Waals surface area contributed by atoms with Crippen LogP contribution in [0, 0.1) is 5.92 Å². The van der Waals surface area contributed by atoms with Crippen molar-refractivity contribution < 1.29 is 19.1 Å². The molecule has 9 nitrogen and oxygen atoms in total. The van der Waals surface area contributed by atoms with Crippen LogP contribution in [0.1, 0.15) is 25.8 Å². The highest BCUT2D eigenvalue weighted by Gasteiger charge is 2.24. The number of carbonyl (C=O) groups is 3. The van der Waals surface area contributed by atoms with Crippen LogP contribution in [0.3, 0.4) is 0 Å². The summed E-state index contributed by atoms with van der Waals surface area (Å²) in [5.41, 5.74) is 12.4. The van der Waals surface area contributed by atoms with E-state index < -0.39 is 11.9 Å². The average Bonchev–Trinajstić information content (AvgIpc) is 2.68. The van der Waals surface area contributed by atoms with Gasteiger partial charge in [0.2, 0.25) is 17.7 Å². The van der Waals surface area contributed by atoms with Gasteiger partial charge in [0, 0.05) is 25.2 Å². The van der Waals surface area contributed by atoms with Crippen LogP contribution >= 0.6 is 0 Å². The molecule has 0 bridgehead atoms.